The number of alkyl halides is 3. The Hall–Kier alpha value is -1.86. The van der Waals surface area contributed by atoms with Gasteiger partial charge in [0.1, 0.15) is 18.2 Å². The van der Waals surface area contributed by atoms with Crippen LogP contribution in [0.5, 0.6) is 0 Å². The molecule has 1 aromatic carbocycles. The molecule has 0 saturated carbocycles. The van der Waals surface area contributed by atoms with Crippen molar-refractivity contribution in [2.24, 2.45) is 5.92 Å². The van der Waals surface area contributed by atoms with Crippen LogP contribution in [0.1, 0.15) is 13.8 Å². The summed E-state index contributed by atoms with van der Waals surface area (Å²) in [5, 5.41) is 2.01. The molecule has 21 heavy (non-hydrogen) atoms. The lowest BCUT2D eigenvalue weighted by Gasteiger charge is -2.26. The lowest BCUT2D eigenvalue weighted by atomic mass is 10.2. The van der Waals surface area contributed by atoms with Crippen molar-refractivity contribution in [1.29, 1.82) is 0 Å². The number of carbonyl (C=O) groups excluding carboxylic acids is 1. The van der Waals surface area contributed by atoms with Crippen molar-refractivity contribution in [3.8, 4) is 0 Å². The van der Waals surface area contributed by atoms with Crippen LogP contribution < -0.4 is 5.32 Å². The summed E-state index contributed by atoms with van der Waals surface area (Å²) in [6.45, 7) is 1.71. The van der Waals surface area contributed by atoms with Gasteiger partial charge in [-0.15, -0.1) is 0 Å². The molecule has 0 fully saturated rings. The minimum Gasteiger partial charge on any atom is -0.315 e. The Labute approximate surface area is 118 Å². The number of carbonyl (C=O) groups is 1. The number of hydrogen-bond acceptors (Lipinski definition) is 1. The number of nitrogens with zero attached hydrogens (tertiary/aromatic N) is 1. The summed E-state index contributed by atoms with van der Waals surface area (Å²) in [6, 6.07) is 1.29. The molecule has 2 amide bonds. The van der Waals surface area contributed by atoms with Gasteiger partial charge in [0, 0.05) is 12.6 Å². The number of benzene rings is 1. The maximum atomic E-state index is 13.4. The fraction of sp³-hybridized carbons (Fsp3) is 0.462. The molecule has 0 spiro atoms. The van der Waals surface area contributed by atoms with E-state index in [-0.39, 0.29) is 18.2 Å². The predicted octanol–water partition coefficient (Wildman–Crippen LogP) is 4.02. The van der Waals surface area contributed by atoms with Gasteiger partial charge in [0.2, 0.25) is 0 Å². The van der Waals surface area contributed by atoms with Crippen molar-refractivity contribution in [3.05, 3.63) is 29.8 Å². The van der Waals surface area contributed by atoms with Crippen LogP contribution in [0.2, 0.25) is 0 Å². The van der Waals surface area contributed by atoms with Crippen LogP contribution >= 0.6 is 0 Å². The molecule has 0 radical (unpaired) electrons. The van der Waals surface area contributed by atoms with Crippen LogP contribution in [0, 0.1) is 17.6 Å². The van der Waals surface area contributed by atoms with Crippen LogP contribution in [-0.2, 0) is 0 Å². The van der Waals surface area contributed by atoms with Gasteiger partial charge < -0.3 is 10.2 Å². The molecule has 0 aliphatic heterocycles. The van der Waals surface area contributed by atoms with Crippen molar-refractivity contribution in [1.82, 2.24) is 4.90 Å². The van der Waals surface area contributed by atoms with Gasteiger partial charge in [-0.25, -0.2) is 13.6 Å². The number of amides is 2. The van der Waals surface area contributed by atoms with Gasteiger partial charge in [0.25, 0.3) is 0 Å². The summed E-state index contributed by atoms with van der Waals surface area (Å²) >= 11 is 0. The van der Waals surface area contributed by atoms with Gasteiger partial charge in [-0.05, 0) is 18.1 Å². The van der Waals surface area contributed by atoms with E-state index in [1.54, 1.807) is 13.8 Å². The Balaban J connectivity index is 2.84. The summed E-state index contributed by atoms with van der Waals surface area (Å²) in [5.74, 6) is -2.10. The molecule has 118 valence electrons. The van der Waals surface area contributed by atoms with E-state index in [2.05, 4.69) is 0 Å². The van der Waals surface area contributed by atoms with Crippen molar-refractivity contribution in [3.63, 3.8) is 0 Å². The highest BCUT2D eigenvalue weighted by Gasteiger charge is 2.33. The lowest BCUT2D eigenvalue weighted by Crippen LogP contribution is -2.43. The van der Waals surface area contributed by atoms with Crippen molar-refractivity contribution in [2.75, 3.05) is 18.4 Å². The maximum absolute atomic E-state index is 13.4. The maximum Gasteiger partial charge on any atom is 0.406 e. The monoisotopic (exact) mass is 310 g/mol. The van der Waals surface area contributed by atoms with E-state index in [4.69, 9.17) is 0 Å². The Morgan fingerprint density at radius 3 is 2.38 bits per heavy atom. The molecule has 1 aromatic rings. The lowest BCUT2D eigenvalue weighted by molar-refractivity contribution is -0.140. The van der Waals surface area contributed by atoms with Crippen LogP contribution in [0.4, 0.5) is 32.4 Å². The van der Waals surface area contributed by atoms with Crippen molar-refractivity contribution < 1.29 is 26.7 Å². The fourth-order valence-electron chi connectivity index (χ4n) is 1.66. The largest absolute Gasteiger partial charge is 0.406 e. The molecule has 8 heteroatoms. The molecule has 0 aliphatic carbocycles. The minimum atomic E-state index is -4.56. The first kappa shape index (κ1) is 17.2. The zero-order chi connectivity index (χ0) is 16.2. The zero-order valence-electron chi connectivity index (χ0n) is 11.5. The fourth-order valence-corrected chi connectivity index (χ4v) is 1.66. The van der Waals surface area contributed by atoms with E-state index in [0.29, 0.717) is 11.0 Å². The first-order chi connectivity index (χ1) is 9.58. The molecule has 0 bridgehead atoms. The normalized spacial score (nSPS) is 11.6. The van der Waals surface area contributed by atoms with Crippen LogP contribution in [0.3, 0.4) is 0 Å². The number of urea groups is 1. The molecule has 0 heterocycles. The quantitative estimate of drug-likeness (QED) is 0.837. The van der Waals surface area contributed by atoms with E-state index in [1.165, 1.54) is 0 Å². The summed E-state index contributed by atoms with van der Waals surface area (Å²) < 4.78 is 63.4. The predicted molar refractivity (Wildman–Crippen MR) is 67.8 cm³/mol. The molecule has 0 unspecified atom stereocenters. The zero-order valence-corrected chi connectivity index (χ0v) is 11.5. The molecular weight excluding hydrogens is 295 g/mol. The molecule has 0 aliphatic rings. The van der Waals surface area contributed by atoms with Gasteiger partial charge in [0.15, 0.2) is 0 Å². The number of rotatable bonds is 4. The van der Waals surface area contributed by atoms with Gasteiger partial charge in [-0.2, -0.15) is 13.2 Å². The first-order valence-electron chi connectivity index (χ1n) is 6.16. The number of halogens is 5. The van der Waals surface area contributed by atoms with Crippen LogP contribution in [0.15, 0.2) is 18.2 Å². The van der Waals surface area contributed by atoms with E-state index in [0.717, 1.165) is 12.1 Å². The second kappa shape index (κ2) is 6.73. The van der Waals surface area contributed by atoms with E-state index in [1.807, 2.05) is 5.32 Å². The third kappa shape index (κ3) is 5.97. The highest BCUT2D eigenvalue weighted by Crippen LogP contribution is 2.20. The SMILES string of the molecule is CC(C)CN(CC(F)(F)F)C(=O)Nc1ccc(F)cc1F. The molecule has 0 saturated heterocycles. The topological polar surface area (TPSA) is 32.3 Å². The Morgan fingerprint density at radius 2 is 1.90 bits per heavy atom. The van der Waals surface area contributed by atoms with E-state index in [9.17, 15) is 26.7 Å². The number of anilines is 1. The summed E-state index contributed by atoms with van der Waals surface area (Å²) in [7, 11) is 0. The number of nitrogens with one attached hydrogen (secondary N) is 1. The number of hydrogen-bond donors (Lipinski definition) is 1. The highest BCUT2D eigenvalue weighted by atomic mass is 19.4. The highest BCUT2D eigenvalue weighted by molar-refractivity contribution is 5.89. The Morgan fingerprint density at radius 1 is 1.29 bits per heavy atom. The molecule has 0 atom stereocenters. The smallest absolute Gasteiger partial charge is 0.315 e. The summed E-state index contributed by atoms with van der Waals surface area (Å²) in [5.41, 5.74) is -0.377. The molecule has 3 nitrogen and oxygen atoms in total. The van der Waals surface area contributed by atoms with E-state index < -0.39 is 30.4 Å². The second-order valence-electron chi connectivity index (χ2n) is 4.94. The molecule has 1 rings (SSSR count). The van der Waals surface area contributed by atoms with Gasteiger partial charge in [0.05, 0.1) is 5.69 Å². The van der Waals surface area contributed by atoms with Crippen LogP contribution in [0.25, 0.3) is 0 Å². The molecule has 0 aromatic heterocycles. The third-order valence-electron chi connectivity index (χ3n) is 2.42. The summed E-state index contributed by atoms with van der Waals surface area (Å²) in [6.07, 6.45) is -4.56. The Bertz CT molecular complexity index is 502. The first-order valence-corrected chi connectivity index (χ1v) is 6.16. The molecule has 1 N–H and O–H groups in total. The average molecular weight is 310 g/mol. The van der Waals surface area contributed by atoms with E-state index >= 15 is 0 Å². The summed E-state index contributed by atoms with van der Waals surface area (Å²) in [4.78, 5) is 12.4. The molecular formula is C13H15F5N2O. The second-order valence-corrected chi connectivity index (χ2v) is 4.94. The third-order valence-corrected chi connectivity index (χ3v) is 2.42. The van der Waals surface area contributed by atoms with Gasteiger partial charge >= 0.3 is 12.2 Å². The van der Waals surface area contributed by atoms with Crippen molar-refractivity contribution >= 4 is 11.7 Å². The minimum absolute atomic E-state index is 0.145. The van der Waals surface area contributed by atoms with Crippen molar-refractivity contribution in [2.45, 2.75) is 20.0 Å². The van der Waals surface area contributed by atoms with Gasteiger partial charge in [-0.3, -0.25) is 0 Å². The van der Waals surface area contributed by atoms with Crippen LogP contribution in [-0.4, -0.2) is 30.2 Å². The van der Waals surface area contributed by atoms with Gasteiger partial charge in [-0.1, -0.05) is 13.8 Å². The Kier molecular flexibility index (Phi) is 5.51. The standard InChI is InChI=1S/C13H15F5N2O/c1-8(2)6-20(7-13(16,17)18)12(21)19-11-4-3-9(14)5-10(11)15/h3-5,8H,6-7H2,1-2H3,(H,19,21). The average Bonchev–Trinajstić information content (AvgIpc) is 2.29.